The summed E-state index contributed by atoms with van der Waals surface area (Å²) in [5.74, 6) is -0.972. The molecule has 0 saturated heterocycles. The van der Waals surface area contributed by atoms with Crippen LogP contribution in [0.25, 0.3) is 0 Å². The predicted molar refractivity (Wildman–Crippen MR) is 79.9 cm³/mol. The lowest BCUT2D eigenvalue weighted by molar-refractivity contribution is -0.125. The van der Waals surface area contributed by atoms with Crippen molar-refractivity contribution in [1.82, 2.24) is 16.0 Å². The molecule has 0 aromatic heterocycles. The number of aryl methyl sites for hydroxylation is 2. The third-order valence-corrected chi connectivity index (χ3v) is 2.71. The minimum absolute atomic E-state index is 0.0912. The lowest BCUT2D eigenvalue weighted by Crippen LogP contribution is -2.41. The molecule has 0 aliphatic rings. The van der Waals surface area contributed by atoms with Crippen molar-refractivity contribution in [3.63, 3.8) is 0 Å². The van der Waals surface area contributed by atoms with E-state index in [1.165, 1.54) is 0 Å². The molecule has 6 nitrogen and oxygen atoms in total. The highest BCUT2D eigenvalue weighted by atomic mass is 16.2. The summed E-state index contributed by atoms with van der Waals surface area (Å²) in [7, 11) is 0. The monoisotopic (exact) mass is 291 g/mol. The molecule has 114 valence electrons. The van der Waals surface area contributed by atoms with Gasteiger partial charge in [-0.3, -0.25) is 14.4 Å². The van der Waals surface area contributed by atoms with Crippen molar-refractivity contribution in [2.75, 3.05) is 19.6 Å². The number of amides is 3. The van der Waals surface area contributed by atoms with Crippen LogP contribution in [-0.2, 0) is 9.59 Å². The SMILES string of the molecule is CCNC(=O)CNC(=O)CNC(=O)c1cc(C)cc(C)c1. The molecule has 1 aromatic rings. The van der Waals surface area contributed by atoms with E-state index in [2.05, 4.69) is 16.0 Å². The molecule has 21 heavy (non-hydrogen) atoms. The van der Waals surface area contributed by atoms with Crippen LogP contribution in [0.15, 0.2) is 18.2 Å². The minimum Gasteiger partial charge on any atom is -0.355 e. The molecular weight excluding hydrogens is 270 g/mol. The molecule has 0 heterocycles. The first-order chi connectivity index (χ1) is 9.92. The number of nitrogens with one attached hydrogen (secondary N) is 3. The topological polar surface area (TPSA) is 87.3 Å². The average Bonchev–Trinajstić information content (AvgIpc) is 2.41. The maximum Gasteiger partial charge on any atom is 0.251 e. The zero-order valence-electron chi connectivity index (χ0n) is 12.6. The lowest BCUT2D eigenvalue weighted by Gasteiger charge is -2.08. The van der Waals surface area contributed by atoms with E-state index in [1.54, 1.807) is 19.1 Å². The summed E-state index contributed by atoms with van der Waals surface area (Å²) in [6.07, 6.45) is 0. The Morgan fingerprint density at radius 3 is 1.95 bits per heavy atom. The second-order valence-electron chi connectivity index (χ2n) is 4.79. The molecule has 1 rings (SSSR count). The zero-order valence-corrected chi connectivity index (χ0v) is 12.6. The Bertz CT molecular complexity index is 521. The molecule has 3 N–H and O–H groups in total. The van der Waals surface area contributed by atoms with Crippen LogP contribution in [0.4, 0.5) is 0 Å². The van der Waals surface area contributed by atoms with E-state index in [-0.39, 0.29) is 24.9 Å². The first-order valence-electron chi connectivity index (χ1n) is 6.82. The van der Waals surface area contributed by atoms with Crippen LogP contribution in [0.2, 0.25) is 0 Å². The molecule has 6 heteroatoms. The van der Waals surface area contributed by atoms with Crippen LogP contribution in [0.1, 0.15) is 28.4 Å². The number of hydrogen-bond donors (Lipinski definition) is 3. The van der Waals surface area contributed by atoms with Gasteiger partial charge in [-0.05, 0) is 32.9 Å². The Morgan fingerprint density at radius 2 is 1.38 bits per heavy atom. The fraction of sp³-hybridized carbons (Fsp3) is 0.400. The van der Waals surface area contributed by atoms with Gasteiger partial charge in [-0.1, -0.05) is 17.2 Å². The van der Waals surface area contributed by atoms with Gasteiger partial charge in [0.15, 0.2) is 0 Å². The Kier molecular flexibility index (Phi) is 6.39. The van der Waals surface area contributed by atoms with Crippen LogP contribution in [-0.4, -0.2) is 37.4 Å². The Morgan fingerprint density at radius 1 is 0.857 bits per heavy atom. The van der Waals surface area contributed by atoms with Crippen molar-refractivity contribution in [1.29, 1.82) is 0 Å². The second kappa shape index (κ2) is 8.04. The van der Waals surface area contributed by atoms with Crippen LogP contribution < -0.4 is 16.0 Å². The summed E-state index contributed by atoms with van der Waals surface area (Å²) in [5, 5.41) is 7.52. The first kappa shape index (κ1) is 16.7. The molecule has 0 radical (unpaired) electrons. The van der Waals surface area contributed by atoms with Gasteiger partial charge in [0.05, 0.1) is 13.1 Å². The van der Waals surface area contributed by atoms with Crippen molar-refractivity contribution in [3.8, 4) is 0 Å². The normalized spacial score (nSPS) is 9.86. The van der Waals surface area contributed by atoms with E-state index in [0.29, 0.717) is 12.1 Å². The minimum atomic E-state index is -0.404. The molecule has 0 atom stereocenters. The summed E-state index contributed by atoms with van der Waals surface area (Å²) in [6.45, 7) is 5.87. The van der Waals surface area contributed by atoms with Gasteiger partial charge in [0.25, 0.3) is 5.91 Å². The maximum atomic E-state index is 11.9. The highest BCUT2D eigenvalue weighted by Crippen LogP contribution is 2.08. The predicted octanol–water partition coefficient (Wildman–Crippen LogP) is 0.286. The zero-order chi connectivity index (χ0) is 15.8. The summed E-state index contributed by atoms with van der Waals surface area (Å²) < 4.78 is 0. The van der Waals surface area contributed by atoms with E-state index in [9.17, 15) is 14.4 Å². The van der Waals surface area contributed by atoms with Gasteiger partial charge in [0, 0.05) is 12.1 Å². The van der Waals surface area contributed by atoms with Gasteiger partial charge in [-0.25, -0.2) is 0 Å². The average molecular weight is 291 g/mol. The molecule has 0 unspecified atom stereocenters. The van der Waals surface area contributed by atoms with E-state index < -0.39 is 5.91 Å². The van der Waals surface area contributed by atoms with E-state index in [4.69, 9.17) is 0 Å². The smallest absolute Gasteiger partial charge is 0.251 e. The number of benzene rings is 1. The van der Waals surface area contributed by atoms with E-state index in [1.807, 2.05) is 19.9 Å². The standard InChI is InChI=1S/C15H21N3O3/c1-4-16-13(19)8-17-14(20)9-18-15(21)12-6-10(2)5-11(3)7-12/h5-7H,4,8-9H2,1-3H3,(H,16,19)(H,17,20)(H,18,21). The molecule has 3 amide bonds. The van der Waals surface area contributed by atoms with Crippen molar-refractivity contribution in [2.45, 2.75) is 20.8 Å². The van der Waals surface area contributed by atoms with Gasteiger partial charge in [-0.2, -0.15) is 0 Å². The third-order valence-electron chi connectivity index (χ3n) is 2.71. The Labute approximate surface area is 124 Å². The second-order valence-corrected chi connectivity index (χ2v) is 4.79. The van der Waals surface area contributed by atoms with Crippen LogP contribution in [0.3, 0.4) is 0 Å². The van der Waals surface area contributed by atoms with Crippen molar-refractivity contribution in [3.05, 3.63) is 34.9 Å². The fourth-order valence-corrected chi connectivity index (χ4v) is 1.87. The van der Waals surface area contributed by atoms with Gasteiger partial charge in [0.1, 0.15) is 0 Å². The van der Waals surface area contributed by atoms with Crippen molar-refractivity contribution < 1.29 is 14.4 Å². The summed E-state index contributed by atoms with van der Waals surface area (Å²) >= 11 is 0. The molecule has 0 aliphatic heterocycles. The molecule has 0 aliphatic carbocycles. The van der Waals surface area contributed by atoms with Gasteiger partial charge in [0.2, 0.25) is 11.8 Å². The van der Waals surface area contributed by atoms with Crippen molar-refractivity contribution >= 4 is 17.7 Å². The molecule has 0 spiro atoms. The van der Waals surface area contributed by atoms with Gasteiger partial charge < -0.3 is 16.0 Å². The molecular formula is C15H21N3O3. The largest absolute Gasteiger partial charge is 0.355 e. The maximum absolute atomic E-state index is 11.9. The van der Waals surface area contributed by atoms with Gasteiger partial charge in [-0.15, -0.1) is 0 Å². The van der Waals surface area contributed by atoms with Gasteiger partial charge >= 0.3 is 0 Å². The number of hydrogen-bond acceptors (Lipinski definition) is 3. The molecule has 0 saturated carbocycles. The number of carbonyl (C=O) groups excluding carboxylic acids is 3. The third kappa shape index (κ3) is 6.07. The fourth-order valence-electron chi connectivity index (χ4n) is 1.87. The van der Waals surface area contributed by atoms with Crippen LogP contribution in [0.5, 0.6) is 0 Å². The van der Waals surface area contributed by atoms with Crippen molar-refractivity contribution in [2.24, 2.45) is 0 Å². The molecule has 1 aromatic carbocycles. The lowest BCUT2D eigenvalue weighted by atomic mass is 10.1. The number of carbonyl (C=O) groups is 3. The Hall–Kier alpha value is -2.37. The highest BCUT2D eigenvalue weighted by Gasteiger charge is 2.09. The summed E-state index contributed by atoms with van der Waals surface area (Å²) in [5.41, 5.74) is 2.49. The van der Waals surface area contributed by atoms with E-state index in [0.717, 1.165) is 11.1 Å². The first-order valence-corrected chi connectivity index (χ1v) is 6.82. The quantitative estimate of drug-likeness (QED) is 0.704. The van der Waals surface area contributed by atoms with Crippen LogP contribution >= 0.6 is 0 Å². The highest BCUT2D eigenvalue weighted by molar-refractivity contribution is 5.97. The molecule has 0 fully saturated rings. The number of likely N-dealkylation sites (N-methyl/N-ethyl adjacent to an activating group) is 1. The summed E-state index contributed by atoms with van der Waals surface area (Å²) in [6, 6.07) is 5.49. The van der Waals surface area contributed by atoms with Crippen LogP contribution in [0, 0.1) is 13.8 Å². The Balaban J connectivity index is 2.42. The molecule has 0 bridgehead atoms. The number of rotatable bonds is 6. The summed E-state index contributed by atoms with van der Waals surface area (Å²) in [4.78, 5) is 34.6. The van der Waals surface area contributed by atoms with E-state index >= 15 is 0 Å².